The first-order valence-electron chi connectivity index (χ1n) is 5.09. The molecular weight excluding hydrogens is 192 g/mol. The molecular formula is C10H22N4O. The first-order chi connectivity index (χ1) is 6.73. The summed E-state index contributed by atoms with van der Waals surface area (Å²) in [5.41, 5.74) is 10.3. The minimum absolute atomic E-state index is 0.227. The van der Waals surface area contributed by atoms with Gasteiger partial charge >= 0.3 is 0 Å². The lowest BCUT2D eigenvalue weighted by atomic mass is 10.0. The molecule has 15 heavy (non-hydrogen) atoms. The van der Waals surface area contributed by atoms with Crippen molar-refractivity contribution in [3.8, 4) is 0 Å². The summed E-state index contributed by atoms with van der Waals surface area (Å²) in [4.78, 5) is 14.9. The van der Waals surface area contributed by atoms with Crippen LogP contribution in [0.5, 0.6) is 0 Å². The van der Waals surface area contributed by atoms with Gasteiger partial charge in [-0.2, -0.15) is 0 Å². The van der Waals surface area contributed by atoms with Gasteiger partial charge in [0.15, 0.2) is 5.96 Å². The molecule has 1 amide bonds. The molecule has 0 spiro atoms. The fraction of sp³-hybridized carbons (Fsp3) is 0.800. The van der Waals surface area contributed by atoms with Crippen LogP contribution in [0.3, 0.4) is 0 Å². The van der Waals surface area contributed by atoms with Gasteiger partial charge in [-0.3, -0.25) is 9.79 Å². The zero-order valence-electron chi connectivity index (χ0n) is 10.0. The van der Waals surface area contributed by atoms with Gasteiger partial charge in [-0.1, -0.05) is 13.8 Å². The molecule has 0 aliphatic heterocycles. The average molecular weight is 214 g/mol. The summed E-state index contributed by atoms with van der Waals surface area (Å²) in [6, 6.07) is 0. The Kier molecular flexibility index (Phi) is 5.11. The highest BCUT2D eigenvalue weighted by Crippen LogP contribution is 2.06. The van der Waals surface area contributed by atoms with Crippen LogP contribution < -0.4 is 16.8 Å². The van der Waals surface area contributed by atoms with Crippen LogP contribution in [0.15, 0.2) is 4.99 Å². The molecule has 0 saturated carbocycles. The molecule has 5 heteroatoms. The number of nitrogens with zero attached hydrogens (tertiary/aromatic N) is 1. The molecule has 5 N–H and O–H groups in total. The third-order valence-corrected chi connectivity index (χ3v) is 1.71. The summed E-state index contributed by atoms with van der Waals surface area (Å²) < 4.78 is 0. The van der Waals surface area contributed by atoms with Crippen LogP contribution in [0.25, 0.3) is 0 Å². The molecule has 0 saturated heterocycles. The molecule has 0 atom stereocenters. The number of rotatable bonds is 5. The van der Waals surface area contributed by atoms with E-state index in [1.54, 1.807) is 0 Å². The molecule has 88 valence electrons. The van der Waals surface area contributed by atoms with E-state index in [9.17, 15) is 4.79 Å². The van der Waals surface area contributed by atoms with Crippen LogP contribution in [0, 0.1) is 5.92 Å². The first-order valence-corrected chi connectivity index (χ1v) is 5.09. The highest BCUT2D eigenvalue weighted by atomic mass is 16.1. The maximum Gasteiger partial charge on any atom is 0.219 e. The molecule has 0 rings (SSSR count). The highest BCUT2D eigenvalue weighted by Gasteiger charge is 2.20. The Morgan fingerprint density at radius 3 is 2.33 bits per heavy atom. The summed E-state index contributed by atoms with van der Waals surface area (Å²) in [6.07, 6.45) is 0.227. The molecule has 0 aromatic heterocycles. The summed E-state index contributed by atoms with van der Waals surface area (Å²) in [6.45, 7) is 8.51. The fourth-order valence-corrected chi connectivity index (χ4v) is 1.15. The number of carbonyl (C=O) groups is 1. The van der Waals surface area contributed by atoms with Gasteiger partial charge in [-0.25, -0.2) is 0 Å². The first kappa shape index (κ1) is 13.7. The van der Waals surface area contributed by atoms with Crippen molar-refractivity contribution in [3.05, 3.63) is 0 Å². The smallest absolute Gasteiger partial charge is 0.219 e. The van der Waals surface area contributed by atoms with E-state index in [0.29, 0.717) is 18.4 Å². The number of aliphatic imine (C=N–C) groups is 1. The predicted octanol–water partition coefficient (Wildman–Crippen LogP) is 0.201. The van der Waals surface area contributed by atoms with E-state index in [1.807, 2.05) is 13.8 Å². The van der Waals surface area contributed by atoms with Gasteiger partial charge in [0.05, 0.1) is 0 Å². The third-order valence-electron chi connectivity index (χ3n) is 1.71. The second-order valence-corrected chi connectivity index (χ2v) is 4.77. The highest BCUT2D eigenvalue weighted by molar-refractivity contribution is 5.80. The zero-order valence-corrected chi connectivity index (χ0v) is 10.0. The van der Waals surface area contributed by atoms with Gasteiger partial charge in [0, 0.05) is 18.5 Å². The Balaban J connectivity index is 4.19. The predicted molar refractivity (Wildman–Crippen MR) is 62.4 cm³/mol. The Morgan fingerprint density at radius 1 is 1.40 bits per heavy atom. The van der Waals surface area contributed by atoms with Crippen molar-refractivity contribution >= 4 is 11.9 Å². The second kappa shape index (κ2) is 5.58. The summed E-state index contributed by atoms with van der Waals surface area (Å²) in [5, 5.41) is 2.97. The number of hydrogen-bond acceptors (Lipinski definition) is 2. The number of guanidine groups is 1. The van der Waals surface area contributed by atoms with Crippen LogP contribution in [0.4, 0.5) is 0 Å². The molecule has 0 aliphatic carbocycles. The van der Waals surface area contributed by atoms with E-state index in [4.69, 9.17) is 11.5 Å². The van der Waals surface area contributed by atoms with Gasteiger partial charge in [0.25, 0.3) is 0 Å². The topological polar surface area (TPSA) is 93.5 Å². The molecule has 0 aliphatic rings. The van der Waals surface area contributed by atoms with Crippen molar-refractivity contribution in [2.75, 3.05) is 6.54 Å². The van der Waals surface area contributed by atoms with E-state index < -0.39 is 5.54 Å². The van der Waals surface area contributed by atoms with Gasteiger partial charge in [-0.05, 0) is 19.8 Å². The van der Waals surface area contributed by atoms with Crippen LogP contribution in [-0.2, 0) is 4.79 Å². The monoisotopic (exact) mass is 214 g/mol. The number of hydrogen-bond donors (Lipinski definition) is 3. The van der Waals surface area contributed by atoms with E-state index in [1.165, 1.54) is 0 Å². The summed E-state index contributed by atoms with van der Waals surface area (Å²) in [7, 11) is 0. The zero-order chi connectivity index (χ0) is 12.1. The fourth-order valence-electron chi connectivity index (χ4n) is 1.15. The van der Waals surface area contributed by atoms with Crippen LogP contribution >= 0.6 is 0 Å². The minimum Gasteiger partial charge on any atom is -0.370 e. The van der Waals surface area contributed by atoms with Gasteiger partial charge in [0.1, 0.15) is 0 Å². The maximum absolute atomic E-state index is 10.8. The van der Waals surface area contributed by atoms with Crippen molar-refractivity contribution in [2.24, 2.45) is 22.4 Å². The van der Waals surface area contributed by atoms with Crippen molar-refractivity contribution in [1.82, 2.24) is 5.32 Å². The lowest BCUT2D eigenvalue weighted by Gasteiger charge is -2.25. The maximum atomic E-state index is 10.8. The Bertz CT molecular complexity index is 246. The van der Waals surface area contributed by atoms with Crippen molar-refractivity contribution in [2.45, 2.75) is 39.7 Å². The Labute approximate surface area is 91.3 Å². The summed E-state index contributed by atoms with van der Waals surface area (Å²) >= 11 is 0. The quantitative estimate of drug-likeness (QED) is 0.451. The largest absolute Gasteiger partial charge is 0.370 e. The van der Waals surface area contributed by atoms with Gasteiger partial charge in [0.2, 0.25) is 5.91 Å². The van der Waals surface area contributed by atoms with Crippen LogP contribution in [0.2, 0.25) is 0 Å². The molecule has 0 heterocycles. The molecule has 0 aromatic rings. The average Bonchev–Trinajstić information content (AvgIpc) is 1.96. The Morgan fingerprint density at radius 2 is 1.93 bits per heavy atom. The van der Waals surface area contributed by atoms with E-state index in [-0.39, 0.29) is 12.3 Å². The van der Waals surface area contributed by atoms with Crippen molar-refractivity contribution in [3.63, 3.8) is 0 Å². The lowest BCUT2D eigenvalue weighted by molar-refractivity contribution is -0.119. The number of primary amides is 1. The van der Waals surface area contributed by atoms with Crippen molar-refractivity contribution < 1.29 is 4.79 Å². The third kappa shape index (κ3) is 7.78. The van der Waals surface area contributed by atoms with Crippen molar-refractivity contribution in [1.29, 1.82) is 0 Å². The molecule has 0 unspecified atom stereocenters. The number of nitrogens with one attached hydrogen (secondary N) is 1. The Hall–Kier alpha value is -1.26. The number of nitrogens with two attached hydrogens (primary N) is 2. The normalized spacial score (nSPS) is 13.0. The standard InChI is InChI=1S/C10H22N4O/c1-7(2)6-13-9(12)14-10(3,4)5-8(11)15/h7H,5-6H2,1-4H3,(H2,11,15)(H3,12,13,14). The SMILES string of the molecule is CC(C)CN=C(N)NC(C)(C)CC(N)=O. The van der Waals surface area contributed by atoms with E-state index in [2.05, 4.69) is 24.2 Å². The molecule has 0 aromatic carbocycles. The van der Waals surface area contributed by atoms with Crippen LogP contribution in [-0.4, -0.2) is 24.0 Å². The van der Waals surface area contributed by atoms with Gasteiger partial charge in [-0.15, -0.1) is 0 Å². The number of amides is 1. The summed E-state index contributed by atoms with van der Waals surface area (Å²) in [5.74, 6) is 0.462. The van der Waals surface area contributed by atoms with E-state index >= 15 is 0 Å². The molecule has 5 nitrogen and oxygen atoms in total. The van der Waals surface area contributed by atoms with Gasteiger partial charge < -0.3 is 16.8 Å². The minimum atomic E-state index is -0.448. The molecule has 0 fully saturated rings. The number of carbonyl (C=O) groups excluding carboxylic acids is 1. The molecule has 0 radical (unpaired) electrons. The lowest BCUT2D eigenvalue weighted by Crippen LogP contribution is -2.49. The molecule has 0 bridgehead atoms. The van der Waals surface area contributed by atoms with Crippen LogP contribution in [0.1, 0.15) is 34.1 Å². The second-order valence-electron chi connectivity index (χ2n) is 4.77. The van der Waals surface area contributed by atoms with E-state index in [0.717, 1.165) is 0 Å².